The standard InChI is InChI=1S/C23H39N3S/c1-16(2)8-13-26(21-9-11-25(12-10-21)17(3)4)23(27)24-22-19(6)14-18(5)15-20(22)7/h14-17,21H,8-13H2,1-7H3,(H,24,27)/p+1. The summed E-state index contributed by atoms with van der Waals surface area (Å²) in [6.45, 7) is 19.3. The van der Waals surface area contributed by atoms with E-state index >= 15 is 0 Å². The molecule has 2 N–H and O–H groups in total. The van der Waals surface area contributed by atoms with Crippen LogP contribution in [-0.4, -0.2) is 41.7 Å². The molecule has 27 heavy (non-hydrogen) atoms. The molecule has 0 atom stereocenters. The van der Waals surface area contributed by atoms with E-state index in [1.54, 1.807) is 4.90 Å². The van der Waals surface area contributed by atoms with Crippen LogP contribution in [0.2, 0.25) is 0 Å². The highest BCUT2D eigenvalue weighted by Crippen LogP contribution is 2.23. The maximum Gasteiger partial charge on any atom is 0.173 e. The van der Waals surface area contributed by atoms with Crippen LogP contribution in [0.1, 0.15) is 63.6 Å². The van der Waals surface area contributed by atoms with Crippen molar-refractivity contribution in [2.45, 2.75) is 79.8 Å². The first-order valence-corrected chi connectivity index (χ1v) is 11.1. The van der Waals surface area contributed by atoms with E-state index in [0.29, 0.717) is 12.0 Å². The Labute approximate surface area is 172 Å². The van der Waals surface area contributed by atoms with Gasteiger partial charge in [0.15, 0.2) is 5.11 Å². The summed E-state index contributed by atoms with van der Waals surface area (Å²) >= 11 is 5.93. The van der Waals surface area contributed by atoms with E-state index in [1.807, 2.05) is 0 Å². The molecule has 1 heterocycles. The minimum atomic E-state index is 0.567. The summed E-state index contributed by atoms with van der Waals surface area (Å²) in [5, 5.41) is 4.52. The molecule has 0 saturated carbocycles. The van der Waals surface area contributed by atoms with Gasteiger partial charge in [-0.3, -0.25) is 0 Å². The number of hydrogen-bond donors (Lipinski definition) is 2. The number of rotatable bonds is 6. The van der Waals surface area contributed by atoms with Crippen LogP contribution < -0.4 is 10.2 Å². The Morgan fingerprint density at radius 3 is 2.15 bits per heavy atom. The van der Waals surface area contributed by atoms with Crippen molar-refractivity contribution in [3.63, 3.8) is 0 Å². The van der Waals surface area contributed by atoms with Crippen LogP contribution in [0.3, 0.4) is 0 Å². The van der Waals surface area contributed by atoms with E-state index in [1.165, 1.54) is 54.7 Å². The van der Waals surface area contributed by atoms with Crippen LogP contribution in [0.4, 0.5) is 5.69 Å². The van der Waals surface area contributed by atoms with E-state index in [0.717, 1.165) is 17.7 Å². The molecule has 1 aromatic carbocycles. The minimum absolute atomic E-state index is 0.567. The number of anilines is 1. The number of thiocarbonyl (C=S) groups is 1. The average molecular weight is 391 g/mol. The maximum atomic E-state index is 5.93. The van der Waals surface area contributed by atoms with Crippen molar-refractivity contribution in [3.8, 4) is 0 Å². The third kappa shape index (κ3) is 6.18. The Morgan fingerprint density at radius 2 is 1.67 bits per heavy atom. The van der Waals surface area contributed by atoms with Crippen molar-refractivity contribution >= 4 is 23.0 Å². The van der Waals surface area contributed by atoms with E-state index in [-0.39, 0.29) is 0 Å². The highest BCUT2D eigenvalue weighted by molar-refractivity contribution is 7.80. The number of hydrogen-bond acceptors (Lipinski definition) is 1. The number of nitrogens with zero attached hydrogens (tertiary/aromatic N) is 1. The second-order valence-electron chi connectivity index (χ2n) is 9.12. The van der Waals surface area contributed by atoms with E-state index in [2.05, 4.69) is 70.8 Å². The van der Waals surface area contributed by atoms with Crippen molar-refractivity contribution in [2.75, 3.05) is 25.0 Å². The Balaban J connectivity index is 2.12. The monoisotopic (exact) mass is 390 g/mol. The van der Waals surface area contributed by atoms with Gasteiger partial charge in [0.25, 0.3) is 0 Å². The topological polar surface area (TPSA) is 19.7 Å². The molecule has 0 aliphatic carbocycles. The quantitative estimate of drug-likeness (QED) is 0.713. The Bertz CT molecular complexity index is 608. The summed E-state index contributed by atoms with van der Waals surface area (Å²) in [7, 11) is 0. The number of piperidine rings is 1. The molecule has 1 aromatic rings. The summed E-state index contributed by atoms with van der Waals surface area (Å²) in [5.74, 6) is 0.694. The van der Waals surface area contributed by atoms with Crippen LogP contribution in [0, 0.1) is 26.7 Å². The maximum absolute atomic E-state index is 5.93. The molecule has 3 nitrogen and oxygen atoms in total. The molecule has 0 amide bonds. The van der Waals surface area contributed by atoms with Gasteiger partial charge in [-0.05, 0) is 70.3 Å². The molecule has 4 heteroatoms. The van der Waals surface area contributed by atoms with Crippen molar-refractivity contribution < 1.29 is 4.90 Å². The lowest BCUT2D eigenvalue weighted by Crippen LogP contribution is -3.16. The second-order valence-corrected chi connectivity index (χ2v) is 9.51. The highest BCUT2D eigenvalue weighted by atomic mass is 32.1. The number of likely N-dealkylation sites (tertiary alicyclic amines) is 1. The first kappa shape index (κ1) is 22.2. The molecule has 1 fully saturated rings. The summed E-state index contributed by atoms with van der Waals surface area (Å²) in [6, 6.07) is 5.76. The van der Waals surface area contributed by atoms with Gasteiger partial charge in [-0.15, -0.1) is 0 Å². The van der Waals surface area contributed by atoms with Gasteiger partial charge in [0.05, 0.1) is 19.1 Å². The van der Waals surface area contributed by atoms with Gasteiger partial charge in [0.1, 0.15) is 0 Å². The van der Waals surface area contributed by atoms with Gasteiger partial charge >= 0.3 is 0 Å². The molecule has 152 valence electrons. The van der Waals surface area contributed by atoms with Gasteiger partial charge in [0, 0.05) is 31.1 Å². The van der Waals surface area contributed by atoms with Crippen molar-refractivity contribution in [3.05, 3.63) is 28.8 Å². The molecule has 0 spiro atoms. The molecule has 2 rings (SSSR count). The Kier molecular flexibility index (Phi) is 8.11. The third-order valence-corrected chi connectivity index (χ3v) is 6.31. The zero-order chi connectivity index (χ0) is 20.1. The summed E-state index contributed by atoms with van der Waals surface area (Å²) < 4.78 is 0. The third-order valence-electron chi connectivity index (χ3n) is 5.97. The highest BCUT2D eigenvalue weighted by Gasteiger charge is 2.29. The molecule has 1 saturated heterocycles. The Hall–Kier alpha value is -1.13. The first-order valence-electron chi connectivity index (χ1n) is 10.7. The van der Waals surface area contributed by atoms with E-state index in [9.17, 15) is 0 Å². The summed E-state index contributed by atoms with van der Waals surface area (Å²) in [4.78, 5) is 4.23. The normalized spacial score (nSPS) is 20.2. The van der Waals surface area contributed by atoms with Crippen LogP contribution >= 0.6 is 12.2 Å². The van der Waals surface area contributed by atoms with Gasteiger partial charge in [-0.2, -0.15) is 0 Å². The minimum Gasteiger partial charge on any atom is -0.346 e. The molecule has 0 radical (unpaired) electrons. The van der Waals surface area contributed by atoms with Crippen LogP contribution in [-0.2, 0) is 0 Å². The van der Waals surface area contributed by atoms with Crippen LogP contribution in [0.15, 0.2) is 12.1 Å². The molecular weight excluding hydrogens is 350 g/mol. The molecular formula is C23H40N3S+. The van der Waals surface area contributed by atoms with E-state index < -0.39 is 0 Å². The predicted molar refractivity (Wildman–Crippen MR) is 122 cm³/mol. The fraction of sp³-hybridized carbons (Fsp3) is 0.696. The van der Waals surface area contributed by atoms with E-state index in [4.69, 9.17) is 12.2 Å². The average Bonchev–Trinajstić information content (AvgIpc) is 2.58. The lowest BCUT2D eigenvalue weighted by atomic mass is 10.0. The lowest BCUT2D eigenvalue weighted by molar-refractivity contribution is -0.926. The van der Waals surface area contributed by atoms with Crippen molar-refractivity contribution in [1.29, 1.82) is 0 Å². The van der Waals surface area contributed by atoms with Gasteiger partial charge < -0.3 is 15.1 Å². The smallest absolute Gasteiger partial charge is 0.173 e. The predicted octanol–water partition coefficient (Wildman–Crippen LogP) is 4.11. The summed E-state index contributed by atoms with van der Waals surface area (Å²) in [5.41, 5.74) is 5.04. The van der Waals surface area contributed by atoms with Crippen LogP contribution in [0.5, 0.6) is 0 Å². The van der Waals surface area contributed by atoms with Gasteiger partial charge in [-0.25, -0.2) is 0 Å². The fourth-order valence-corrected chi connectivity index (χ4v) is 4.61. The Morgan fingerprint density at radius 1 is 1.11 bits per heavy atom. The molecule has 0 bridgehead atoms. The fourth-order valence-electron chi connectivity index (χ4n) is 4.27. The number of aryl methyl sites for hydroxylation is 3. The number of quaternary nitrogens is 1. The largest absolute Gasteiger partial charge is 0.346 e. The zero-order valence-electron chi connectivity index (χ0n) is 18.5. The zero-order valence-corrected chi connectivity index (χ0v) is 19.3. The lowest BCUT2D eigenvalue weighted by Gasteiger charge is -2.40. The number of benzene rings is 1. The first-order chi connectivity index (χ1) is 12.7. The molecule has 0 unspecified atom stereocenters. The van der Waals surface area contributed by atoms with Crippen molar-refractivity contribution in [2.24, 2.45) is 5.92 Å². The van der Waals surface area contributed by atoms with Gasteiger partial charge in [0.2, 0.25) is 0 Å². The number of nitrogens with one attached hydrogen (secondary N) is 2. The van der Waals surface area contributed by atoms with Gasteiger partial charge in [-0.1, -0.05) is 31.5 Å². The second kappa shape index (κ2) is 9.88. The molecule has 1 aliphatic rings. The SMILES string of the molecule is Cc1cc(C)c(NC(=S)N(CCC(C)C)C2CC[NH+](C(C)C)CC2)c(C)c1. The summed E-state index contributed by atoms with van der Waals surface area (Å²) in [6.07, 6.45) is 3.66. The molecule has 0 aromatic heterocycles. The van der Waals surface area contributed by atoms with Crippen LogP contribution in [0.25, 0.3) is 0 Å². The molecule has 1 aliphatic heterocycles. The van der Waals surface area contributed by atoms with Crippen molar-refractivity contribution in [1.82, 2.24) is 4.90 Å².